The van der Waals surface area contributed by atoms with E-state index in [1.54, 1.807) is 0 Å². The normalized spacial score (nSPS) is 1.00. The van der Waals surface area contributed by atoms with Crippen LogP contribution in [0.4, 0.5) is 0 Å². The van der Waals surface area contributed by atoms with Crippen molar-refractivity contribution in [3.05, 3.63) is 0 Å². The SMILES string of the molecule is [Cu].[MgH2].[PH2][Mo].[Ti]. The van der Waals surface area contributed by atoms with Gasteiger partial charge in [-0.2, -0.15) is 0 Å². The molecule has 1 radical (unpaired) electrons. The van der Waals surface area contributed by atoms with Crippen molar-refractivity contribution in [1.29, 1.82) is 0 Å². The minimum absolute atomic E-state index is 0. The topological polar surface area (TPSA) is 0 Å². The average Bonchev–Trinajstić information content (AvgIpc) is 1.00. The van der Waals surface area contributed by atoms with Gasteiger partial charge in [0.05, 0.1) is 0 Å². The van der Waals surface area contributed by atoms with Gasteiger partial charge in [-0.3, -0.25) is 0 Å². The quantitative estimate of drug-likeness (QED) is 0.406. The van der Waals surface area contributed by atoms with Crippen LogP contribution in [0.5, 0.6) is 0 Å². The summed E-state index contributed by atoms with van der Waals surface area (Å²) in [5.74, 6) is 0. The second-order valence-electron chi connectivity index (χ2n) is 0. The van der Waals surface area contributed by atoms with Gasteiger partial charge in [-0.1, -0.05) is 0 Å². The number of hydrogen-bond acceptors (Lipinski definition) is 0. The second kappa shape index (κ2) is 27.4. The molecule has 5 heteroatoms. The van der Waals surface area contributed by atoms with E-state index in [0.717, 1.165) is 0 Å². The van der Waals surface area contributed by atoms with Crippen LogP contribution in [0.15, 0.2) is 0 Å². The van der Waals surface area contributed by atoms with Gasteiger partial charge in [0, 0.05) is 38.8 Å². The summed E-state index contributed by atoms with van der Waals surface area (Å²) in [6, 6.07) is 0. The first-order valence-electron chi connectivity index (χ1n) is 0.236. The zero-order chi connectivity index (χ0) is 2.00. The molecule has 0 aliphatic rings. The molecule has 0 aromatic carbocycles. The molecule has 0 bridgehead atoms. The van der Waals surface area contributed by atoms with Crippen molar-refractivity contribution < 1.29 is 58.1 Å². The Balaban J connectivity index is -0.00000000167. The van der Waals surface area contributed by atoms with E-state index < -0.39 is 0 Å². The van der Waals surface area contributed by atoms with E-state index in [1.807, 2.05) is 19.3 Å². The molecule has 0 rings (SSSR count). The number of hydrogen-bond donors (Lipinski definition) is 0. The third-order valence-electron chi connectivity index (χ3n) is 0. The summed E-state index contributed by atoms with van der Waals surface area (Å²) in [6.07, 6.45) is 0. The first-order valence-corrected chi connectivity index (χ1v) is 4.18. The molecule has 1 unspecified atom stereocenters. The van der Waals surface area contributed by atoms with Gasteiger partial charge in [-0.25, -0.2) is 0 Å². The fraction of sp³-hybridized carbons (Fsp3) is 0. The molecule has 0 spiro atoms. The number of rotatable bonds is 0. The van der Waals surface area contributed by atoms with Crippen molar-refractivity contribution >= 4 is 30.4 Å². The monoisotopic (exact) mass is 268 g/mol. The zero-order valence-corrected chi connectivity index (χ0v) is 7.45. The van der Waals surface area contributed by atoms with Crippen molar-refractivity contribution in [2.75, 3.05) is 0 Å². The summed E-state index contributed by atoms with van der Waals surface area (Å²) in [6.45, 7) is 0. The standard InChI is InChI=1S/Cu.Mg.Mo.H2P.Ti.2H/h;;;1H2;;;/q;;+1;-1;;;. The Hall–Kier alpha value is 3.12. The van der Waals surface area contributed by atoms with Crippen LogP contribution >= 0.6 is 7.33 Å². The Morgan fingerprint density at radius 1 is 1.20 bits per heavy atom. The maximum atomic E-state index is 2.43. The van der Waals surface area contributed by atoms with Gasteiger partial charge in [0.1, 0.15) is 0 Å². The Morgan fingerprint density at radius 3 is 1.20 bits per heavy atom. The Bertz CT molecular complexity index is 11.6. The van der Waals surface area contributed by atoms with Gasteiger partial charge >= 0.3 is 49.7 Å². The predicted molar refractivity (Wildman–Crippen MR) is 18.3 cm³/mol. The molecule has 0 saturated carbocycles. The van der Waals surface area contributed by atoms with E-state index in [2.05, 4.69) is 7.33 Å². The summed E-state index contributed by atoms with van der Waals surface area (Å²) < 4.78 is 0. The van der Waals surface area contributed by atoms with Crippen LogP contribution in [-0.4, -0.2) is 23.1 Å². The van der Waals surface area contributed by atoms with Crippen molar-refractivity contribution in [2.24, 2.45) is 0 Å². The van der Waals surface area contributed by atoms with Crippen LogP contribution in [0.25, 0.3) is 0 Å². The molecule has 32 valence electrons. The van der Waals surface area contributed by atoms with Crippen LogP contribution < -0.4 is 0 Å². The van der Waals surface area contributed by atoms with E-state index in [4.69, 9.17) is 0 Å². The molecule has 1 atom stereocenters. The summed E-state index contributed by atoms with van der Waals surface area (Å²) in [5.41, 5.74) is 0. The molecule has 0 fully saturated rings. The second-order valence-corrected chi connectivity index (χ2v) is 0. The minimum Gasteiger partial charge on any atom is 0 e. The summed E-state index contributed by atoms with van der Waals surface area (Å²) in [5, 5.41) is 0. The van der Waals surface area contributed by atoms with Gasteiger partial charge in [-0.15, -0.1) is 0 Å². The maximum Gasteiger partial charge on any atom is 0 e. The van der Waals surface area contributed by atoms with Crippen LogP contribution in [0.1, 0.15) is 0 Å². The molecular weight excluding hydrogens is 263 g/mol. The molecule has 0 N–H and O–H groups in total. The Kier molecular flexibility index (Phi) is 133. The van der Waals surface area contributed by atoms with Gasteiger partial charge < -0.3 is 0 Å². The molecule has 0 aromatic heterocycles. The molecule has 0 heterocycles. The molecule has 0 amide bonds. The third kappa shape index (κ3) is 19.2. The van der Waals surface area contributed by atoms with Crippen LogP contribution in [0, 0.1) is 0 Å². The maximum absolute atomic E-state index is 2.43. The molecule has 0 aliphatic carbocycles. The van der Waals surface area contributed by atoms with Crippen LogP contribution in [0.2, 0.25) is 0 Å². The van der Waals surface area contributed by atoms with E-state index >= 15 is 0 Å². The van der Waals surface area contributed by atoms with Gasteiger partial charge in [0.15, 0.2) is 0 Å². The molecule has 0 saturated heterocycles. The largest absolute Gasteiger partial charge is 0 e. The fourth-order valence-electron chi connectivity index (χ4n) is 0. The van der Waals surface area contributed by atoms with Gasteiger partial charge in [0.2, 0.25) is 0 Å². The summed E-state index contributed by atoms with van der Waals surface area (Å²) in [7, 11) is 2.43. The van der Waals surface area contributed by atoms with Crippen LogP contribution in [0.3, 0.4) is 0 Å². The van der Waals surface area contributed by atoms with Crippen molar-refractivity contribution in [3.8, 4) is 0 Å². The molecule has 0 nitrogen and oxygen atoms in total. The van der Waals surface area contributed by atoms with Crippen molar-refractivity contribution in [2.45, 2.75) is 0 Å². The molecule has 0 aromatic rings. The van der Waals surface area contributed by atoms with Gasteiger partial charge in [0.25, 0.3) is 0 Å². The van der Waals surface area contributed by atoms with E-state index in [9.17, 15) is 0 Å². The first kappa shape index (κ1) is 24.3. The van der Waals surface area contributed by atoms with E-state index in [0.29, 0.717) is 0 Å². The smallest absolute Gasteiger partial charge is 0 e. The average molecular weight is 267 g/mol. The Labute approximate surface area is 87.1 Å². The van der Waals surface area contributed by atoms with E-state index in [1.165, 1.54) is 0 Å². The summed E-state index contributed by atoms with van der Waals surface area (Å²) >= 11 is 1.87. The third-order valence-corrected chi connectivity index (χ3v) is 0. The van der Waals surface area contributed by atoms with E-state index in [-0.39, 0.29) is 61.8 Å². The van der Waals surface area contributed by atoms with Crippen molar-refractivity contribution in [1.82, 2.24) is 0 Å². The summed E-state index contributed by atoms with van der Waals surface area (Å²) in [4.78, 5) is 0. The first-order chi connectivity index (χ1) is 1.00. The fourth-order valence-corrected chi connectivity index (χ4v) is 0. The molecule has 0 aliphatic heterocycles. The van der Waals surface area contributed by atoms with Gasteiger partial charge in [-0.05, 0) is 0 Å². The minimum atomic E-state index is 0. The zero-order valence-electron chi connectivity index (χ0n) is 1.79. The molecular formula is H4CuMgMoPTi. The Morgan fingerprint density at radius 2 is 1.20 bits per heavy atom. The predicted octanol–water partition coefficient (Wildman–Crippen LogP) is -0.598. The molecule has 5 heavy (non-hydrogen) atoms. The van der Waals surface area contributed by atoms with Crippen molar-refractivity contribution in [3.63, 3.8) is 0 Å². The van der Waals surface area contributed by atoms with Crippen LogP contribution in [-0.2, 0) is 58.1 Å².